The van der Waals surface area contributed by atoms with Gasteiger partial charge in [0.05, 0.1) is 10.6 Å². The van der Waals surface area contributed by atoms with Crippen LogP contribution in [0.4, 0.5) is 19.0 Å². The number of anilines is 1. The number of carbonyl (C=O) groups is 1. The fourth-order valence-electron chi connectivity index (χ4n) is 3.76. The first-order chi connectivity index (χ1) is 12.3. The van der Waals surface area contributed by atoms with Crippen LogP contribution in [0.25, 0.3) is 0 Å². The van der Waals surface area contributed by atoms with E-state index < -0.39 is 11.7 Å². The van der Waals surface area contributed by atoms with Crippen LogP contribution in [0.3, 0.4) is 0 Å². The van der Waals surface area contributed by atoms with Crippen molar-refractivity contribution >= 4 is 23.3 Å². The van der Waals surface area contributed by atoms with E-state index in [1.54, 1.807) is 0 Å². The van der Waals surface area contributed by atoms with Gasteiger partial charge in [0, 0.05) is 44.3 Å². The maximum Gasteiger partial charge on any atom is 0.417 e. The van der Waals surface area contributed by atoms with Gasteiger partial charge in [0.25, 0.3) is 0 Å². The van der Waals surface area contributed by atoms with Crippen molar-refractivity contribution in [2.24, 2.45) is 11.7 Å². The molecular weight excluding hydrogens is 369 g/mol. The van der Waals surface area contributed by atoms with Crippen LogP contribution in [0.1, 0.15) is 31.2 Å². The minimum Gasteiger partial charge on any atom is -0.355 e. The average Bonchev–Trinajstić information content (AvgIpc) is 3.09. The van der Waals surface area contributed by atoms with Crippen molar-refractivity contribution in [1.82, 2.24) is 9.88 Å². The van der Waals surface area contributed by atoms with Gasteiger partial charge in [-0.15, -0.1) is 0 Å². The standard InChI is InChI=1S/C17H22ClF3N4O/c18-14-8-12(17(19,20)21)10-23-15(14)24-6-3-11(4-7-24)16(26)25-5-1-2-13(25)9-22/h8,10-11,13H,1-7,9,22H2. The summed E-state index contributed by atoms with van der Waals surface area (Å²) in [7, 11) is 0. The highest BCUT2D eigenvalue weighted by atomic mass is 35.5. The van der Waals surface area contributed by atoms with Gasteiger partial charge in [-0.3, -0.25) is 4.79 Å². The molecule has 1 atom stereocenters. The predicted molar refractivity (Wildman–Crippen MR) is 93.0 cm³/mol. The number of carbonyl (C=O) groups excluding carboxylic acids is 1. The second kappa shape index (κ2) is 7.60. The quantitative estimate of drug-likeness (QED) is 0.862. The fraction of sp³-hybridized carbons (Fsp3) is 0.647. The van der Waals surface area contributed by atoms with Gasteiger partial charge in [-0.25, -0.2) is 4.98 Å². The Morgan fingerprint density at radius 2 is 1.96 bits per heavy atom. The highest BCUT2D eigenvalue weighted by Gasteiger charge is 2.35. The number of halogens is 4. The number of piperidine rings is 1. The van der Waals surface area contributed by atoms with Crippen molar-refractivity contribution < 1.29 is 18.0 Å². The summed E-state index contributed by atoms with van der Waals surface area (Å²) in [6.07, 6.45) is -0.473. The maximum atomic E-state index is 12.7. The molecule has 1 aromatic rings. The Morgan fingerprint density at radius 1 is 1.27 bits per heavy atom. The molecule has 2 saturated heterocycles. The fourth-order valence-corrected chi connectivity index (χ4v) is 4.05. The molecule has 9 heteroatoms. The van der Waals surface area contributed by atoms with Crippen molar-refractivity contribution in [3.63, 3.8) is 0 Å². The number of nitrogens with two attached hydrogens (primary N) is 1. The maximum absolute atomic E-state index is 12.7. The second-order valence-corrected chi connectivity index (χ2v) is 7.26. The van der Waals surface area contributed by atoms with E-state index in [9.17, 15) is 18.0 Å². The third-order valence-corrected chi connectivity index (χ3v) is 5.50. The molecule has 0 aromatic carbocycles. The second-order valence-electron chi connectivity index (χ2n) is 6.85. The van der Waals surface area contributed by atoms with Gasteiger partial charge in [0.2, 0.25) is 5.91 Å². The van der Waals surface area contributed by atoms with Crippen LogP contribution in [-0.4, -0.2) is 48.0 Å². The summed E-state index contributed by atoms with van der Waals surface area (Å²) in [6, 6.07) is 1.03. The first-order valence-electron chi connectivity index (χ1n) is 8.79. The molecule has 0 saturated carbocycles. The topological polar surface area (TPSA) is 62.5 Å². The molecule has 0 spiro atoms. The Bertz CT molecular complexity index is 662. The van der Waals surface area contributed by atoms with E-state index in [0.717, 1.165) is 31.6 Å². The van der Waals surface area contributed by atoms with Gasteiger partial charge in [-0.2, -0.15) is 13.2 Å². The van der Waals surface area contributed by atoms with Gasteiger partial charge >= 0.3 is 6.18 Å². The summed E-state index contributed by atoms with van der Waals surface area (Å²) in [6.45, 7) is 2.31. The average molecular weight is 391 g/mol. The Kier molecular flexibility index (Phi) is 5.62. The SMILES string of the molecule is NCC1CCCN1C(=O)C1CCN(c2ncc(C(F)(F)F)cc2Cl)CC1. The lowest BCUT2D eigenvalue weighted by atomic mass is 9.95. The van der Waals surface area contributed by atoms with Crippen molar-refractivity contribution in [2.75, 3.05) is 31.1 Å². The van der Waals surface area contributed by atoms with E-state index in [2.05, 4.69) is 4.98 Å². The number of amides is 1. The number of hydrogen-bond donors (Lipinski definition) is 1. The number of rotatable bonds is 3. The van der Waals surface area contributed by atoms with Gasteiger partial charge in [-0.05, 0) is 31.7 Å². The molecule has 1 unspecified atom stereocenters. The van der Waals surface area contributed by atoms with E-state index in [1.165, 1.54) is 0 Å². The van der Waals surface area contributed by atoms with Crippen molar-refractivity contribution in [3.8, 4) is 0 Å². The molecule has 1 amide bonds. The summed E-state index contributed by atoms with van der Waals surface area (Å²) in [4.78, 5) is 20.4. The van der Waals surface area contributed by atoms with Gasteiger partial charge in [0.1, 0.15) is 5.82 Å². The lowest BCUT2D eigenvalue weighted by Crippen LogP contribution is -2.46. The van der Waals surface area contributed by atoms with Gasteiger partial charge < -0.3 is 15.5 Å². The van der Waals surface area contributed by atoms with Crippen LogP contribution in [0.15, 0.2) is 12.3 Å². The summed E-state index contributed by atoms with van der Waals surface area (Å²) < 4.78 is 38.2. The molecule has 0 bridgehead atoms. The number of aromatic nitrogens is 1. The molecule has 3 rings (SSSR count). The van der Waals surface area contributed by atoms with Crippen molar-refractivity contribution in [2.45, 2.75) is 37.9 Å². The van der Waals surface area contributed by atoms with Crippen LogP contribution < -0.4 is 10.6 Å². The molecule has 0 radical (unpaired) electrons. The molecule has 0 aliphatic carbocycles. The summed E-state index contributed by atoms with van der Waals surface area (Å²) in [5, 5.41) is -0.0210. The van der Waals surface area contributed by atoms with E-state index in [-0.39, 0.29) is 22.9 Å². The Morgan fingerprint density at radius 3 is 2.54 bits per heavy atom. The number of alkyl halides is 3. The van der Waals surface area contributed by atoms with Crippen LogP contribution in [-0.2, 0) is 11.0 Å². The zero-order chi connectivity index (χ0) is 18.9. The third-order valence-electron chi connectivity index (χ3n) is 5.23. The van der Waals surface area contributed by atoms with Crippen molar-refractivity contribution in [1.29, 1.82) is 0 Å². The predicted octanol–water partition coefficient (Wildman–Crippen LogP) is 2.92. The van der Waals surface area contributed by atoms with Crippen LogP contribution in [0.2, 0.25) is 5.02 Å². The zero-order valence-electron chi connectivity index (χ0n) is 14.3. The number of nitrogens with zero attached hydrogens (tertiary/aromatic N) is 3. The minimum atomic E-state index is -4.47. The molecule has 2 N–H and O–H groups in total. The summed E-state index contributed by atoms with van der Waals surface area (Å²) in [5.41, 5.74) is 4.88. The Hall–Kier alpha value is -1.54. The zero-order valence-corrected chi connectivity index (χ0v) is 15.1. The number of likely N-dealkylation sites (tertiary alicyclic amines) is 1. The number of hydrogen-bond acceptors (Lipinski definition) is 4. The molecular formula is C17H22ClF3N4O. The molecule has 2 aliphatic rings. The van der Waals surface area contributed by atoms with Gasteiger partial charge in [0.15, 0.2) is 0 Å². The van der Waals surface area contributed by atoms with E-state index in [4.69, 9.17) is 17.3 Å². The monoisotopic (exact) mass is 390 g/mol. The lowest BCUT2D eigenvalue weighted by molar-refractivity contribution is -0.138. The molecule has 5 nitrogen and oxygen atoms in total. The van der Waals surface area contributed by atoms with E-state index in [1.807, 2.05) is 9.80 Å². The van der Waals surface area contributed by atoms with Gasteiger partial charge in [-0.1, -0.05) is 11.6 Å². The molecule has 144 valence electrons. The Balaban J connectivity index is 1.63. The van der Waals surface area contributed by atoms with E-state index >= 15 is 0 Å². The normalized spacial score (nSPS) is 22.1. The largest absolute Gasteiger partial charge is 0.417 e. The highest BCUT2D eigenvalue weighted by Crippen LogP contribution is 2.35. The summed E-state index contributed by atoms with van der Waals surface area (Å²) >= 11 is 6.02. The Labute approximate surface area is 155 Å². The summed E-state index contributed by atoms with van der Waals surface area (Å²) in [5.74, 6) is 0.405. The first-order valence-corrected chi connectivity index (χ1v) is 9.17. The van der Waals surface area contributed by atoms with Crippen LogP contribution in [0, 0.1) is 5.92 Å². The third kappa shape index (κ3) is 3.91. The van der Waals surface area contributed by atoms with Crippen molar-refractivity contribution in [3.05, 3.63) is 22.8 Å². The molecule has 2 fully saturated rings. The van der Waals surface area contributed by atoms with Crippen LogP contribution in [0.5, 0.6) is 0 Å². The first kappa shape index (κ1) is 19.2. The number of pyridine rings is 1. The molecule has 26 heavy (non-hydrogen) atoms. The molecule has 1 aromatic heterocycles. The molecule has 3 heterocycles. The highest BCUT2D eigenvalue weighted by molar-refractivity contribution is 6.33. The molecule has 2 aliphatic heterocycles. The smallest absolute Gasteiger partial charge is 0.355 e. The van der Waals surface area contributed by atoms with E-state index in [0.29, 0.717) is 38.3 Å². The van der Waals surface area contributed by atoms with Crippen LogP contribution >= 0.6 is 11.6 Å². The minimum absolute atomic E-state index is 0.0210. The lowest BCUT2D eigenvalue weighted by Gasteiger charge is -2.35.